The van der Waals surface area contributed by atoms with Crippen molar-refractivity contribution in [3.63, 3.8) is 0 Å². The molecular formula is C9H18N2O3. The van der Waals surface area contributed by atoms with Crippen molar-refractivity contribution in [1.82, 2.24) is 10.2 Å². The zero-order chi connectivity index (χ0) is 10.4. The number of carbonyl (C=O) groups excluding carboxylic acids is 1. The van der Waals surface area contributed by atoms with Crippen molar-refractivity contribution in [1.29, 1.82) is 0 Å². The van der Waals surface area contributed by atoms with Crippen LogP contribution in [0.1, 0.15) is 13.3 Å². The van der Waals surface area contributed by atoms with E-state index in [0.29, 0.717) is 0 Å². The minimum atomic E-state index is -0.206. The molecule has 0 bridgehead atoms. The number of hydrogen-bond donors (Lipinski definition) is 2. The predicted molar refractivity (Wildman–Crippen MR) is 51.7 cm³/mol. The number of likely N-dealkylation sites (tertiary alicyclic amines) is 1. The quantitative estimate of drug-likeness (QED) is 0.434. The summed E-state index contributed by atoms with van der Waals surface area (Å²) in [6.45, 7) is 4.91. The molecule has 2 N–H and O–H groups in total. The summed E-state index contributed by atoms with van der Waals surface area (Å²) in [7, 11) is 0. The fraction of sp³-hybridized carbons (Fsp3) is 0.889. The van der Waals surface area contributed by atoms with Crippen LogP contribution < -0.4 is 5.32 Å². The Morgan fingerprint density at radius 1 is 1.64 bits per heavy atom. The molecule has 0 atom stereocenters. The first-order valence-electron chi connectivity index (χ1n) is 4.93. The summed E-state index contributed by atoms with van der Waals surface area (Å²) in [5, 5.41) is 11.7. The highest BCUT2D eigenvalue weighted by molar-refractivity contribution is 5.66. The van der Waals surface area contributed by atoms with Gasteiger partial charge in [0.1, 0.15) is 6.10 Å². The van der Waals surface area contributed by atoms with Crippen LogP contribution in [0, 0.1) is 0 Å². The maximum absolute atomic E-state index is 10.6. The van der Waals surface area contributed by atoms with E-state index in [2.05, 4.69) is 10.2 Å². The van der Waals surface area contributed by atoms with Crippen LogP contribution in [-0.4, -0.2) is 55.0 Å². The lowest BCUT2D eigenvalue weighted by Gasteiger charge is -2.38. The summed E-state index contributed by atoms with van der Waals surface area (Å²) >= 11 is 0. The highest BCUT2D eigenvalue weighted by Crippen LogP contribution is 2.09. The first kappa shape index (κ1) is 11.4. The van der Waals surface area contributed by atoms with Crippen LogP contribution in [0.5, 0.6) is 0 Å². The Morgan fingerprint density at radius 2 is 2.36 bits per heavy atom. The lowest BCUT2D eigenvalue weighted by molar-refractivity contribution is -0.154. The lowest BCUT2D eigenvalue weighted by atomic mass is 10.2. The third kappa shape index (κ3) is 4.04. The lowest BCUT2D eigenvalue weighted by Crippen LogP contribution is -2.55. The third-order valence-corrected chi connectivity index (χ3v) is 2.10. The van der Waals surface area contributed by atoms with Crippen molar-refractivity contribution in [3.05, 3.63) is 0 Å². The Labute approximate surface area is 84.0 Å². The first-order chi connectivity index (χ1) is 6.72. The molecule has 0 aromatic heterocycles. The fourth-order valence-electron chi connectivity index (χ4n) is 1.40. The van der Waals surface area contributed by atoms with Crippen LogP contribution in [0.2, 0.25) is 0 Å². The second-order valence-electron chi connectivity index (χ2n) is 3.50. The zero-order valence-electron chi connectivity index (χ0n) is 8.53. The number of esters is 1. The normalized spacial score (nSPS) is 17.9. The number of nitrogens with one attached hydrogen (secondary N) is 1. The molecule has 1 aliphatic heterocycles. The molecule has 0 amide bonds. The standard InChI is InChI=1S/C9H18N2O3/c1-8(13)14-9-5-11(6-9)7-10-3-2-4-12/h9-10,12H,2-7H2,1H3. The van der Waals surface area contributed by atoms with E-state index >= 15 is 0 Å². The number of ether oxygens (including phenoxy) is 1. The van der Waals surface area contributed by atoms with Crippen LogP contribution in [-0.2, 0) is 9.53 Å². The van der Waals surface area contributed by atoms with Gasteiger partial charge in [-0.25, -0.2) is 0 Å². The van der Waals surface area contributed by atoms with Crippen LogP contribution in [0.15, 0.2) is 0 Å². The molecule has 82 valence electrons. The van der Waals surface area contributed by atoms with E-state index in [-0.39, 0.29) is 18.7 Å². The fourth-order valence-corrected chi connectivity index (χ4v) is 1.40. The molecule has 1 saturated heterocycles. The molecule has 1 fully saturated rings. The molecule has 1 rings (SSSR count). The van der Waals surface area contributed by atoms with Crippen LogP contribution in [0.3, 0.4) is 0 Å². The summed E-state index contributed by atoms with van der Waals surface area (Å²) in [6.07, 6.45) is 0.855. The Morgan fingerprint density at radius 3 is 2.93 bits per heavy atom. The first-order valence-corrected chi connectivity index (χ1v) is 4.93. The number of aliphatic hydroxyl groups excluding tert-OH is 1. The van der Waals surface area contributed by atoms with E-state index < -0.39 is 0 Å². The van der Waals surface area contributed by atoms with Gasteiger partial charge in [-0.3, -0.25) is 9.69 Å². The van der Waals surface area contributed by atoms with E-state index in [1.54, 1.807) is 0 Å². The molecule has 0 spiro atoms. The van der Waals surface area contributed by atoms with E-state index in [9.17, 15) is 4.79 Å². The molecule has 0 radical (unpaired) electrons. The van der Waals surface area contributed by atoms with Gasteiger partial charge in [0.25, 0.3) is 0 Å². The van der Waals surface area contributed by atoms with Gasteiger partial charge in [0.2, 0.25) is 0 Å². The van der Waals surface area contributed by atoms with Crippen molar-refractivity contribution in [2.75, 3.05) is 32.9 Å². The van der Waals surface area contributed by atoms with Gasteiger partial charge in [0.15, 0.2) is 0 Å². The highest BCUT2D eigenvalue weighted by atomic mass is 16.5. The monoisotopic (exact) mass is 202 g/mol. The van der Waals surface area contributed by atoms with E-state index in [1.165, 1.54) is 6.92 Å². The Kier molecular flexibility index (Phi) is 4.86. The summed E-state index contributed by atoms with van der Waals surface area (Å²) in [4.78, 5) is 12.7. The number of carbonyl (C=O) groups is 1. The van der Waals surface area contributed by atoms with Gasteiger partial charge in [-0.15, -0.1) is 0 Å². The Hall–Kier alpha value is -0.650. The SMILES string of the molecule is CC(=O)OC1CN(CNCCCO)C1. The molecule has 5 nitrogen and oxygen atoms in total. The molecular weight excluding hydrogens is 184 g/mol. The largest absolute Gasteiger partial charge is 0.460 e. The van der Waals surface area contributed by atoms with Gasteiger partial charge < -0.3 is 15.2 Å². The average molecular weight is 202 g/mol. The smallest absolute Gasteiger partial charge is 0.302 e. The van der Waals surface area contributed by atoms with Crippen molar-refractivity contribution in [3.8, 4) is 0 Å². The molecule has 1 heterocycles. The van der Waals surface area contributed by atoms with Crippen molar-refractivity contribution >= 4 is 5.97 Å². The zero-order valence-corrected chi connectivity index (χ0v) is 8.53. The van der Waals surface area contributed by atoms with Crippen molar-refractivity contribution in [2.45, 2.75) is 19.4 Å². The molecule has 5 heteroatoms. The van der Waals surface area contributed by atoms with Gasteiger partial charge in [0, 0.05) is 33.3 Å². The minimum absolute atomic E-state index is 0.0761. The van der Waals surface area contributed by atoms with E-state index in [1.807, 2.05) is 0 Å². The van der Waals surface area contributed by atoms with Crippen molar-refractivity contribution < 1.29 is 14.6 Å². The van der Waals surface area contributed by atoms with E-state index in [4.69, 9.17) is 9.84 Å². The highest BCUT2D eigenvalue weighted by Gasteiger charge is 2.28. The third-order valence-electron chi connectivity index (χ3n) is 2.10. The minimum Gasteiger partial charge on any atom is -0.460 e. The summed E-state index contributed by atoms with van der Waals surface area (Å²) in [5.74, 6) is -0.206. The maximum atomic E-state index is 10.6. The molecule has 0 saturated carbocycles. The Bertz CT molecular complexity index is 181. The van der Waals surface area contributed by atoms with Crippen LogP contribution in [0.25, 0.3) is 0 Å². The number of aliphatic hydroxyl groups is 1. The maximum Gasteiger partial charge on any atom is 0.302 e. The molecule has 0 unspecified atom stereocenters. The van der Waals surface area contributed by atoms with Crippen molar-refractivity contribution in [2.24, 2.45) is 0 Å². The predicted octanol–water partition coefficient (Wildman–Crippen LogP) is -0.837. The molecule has 0 aromatic carbocycles. The van der Waals surface area contributed by atoms with Gasteiger partial charge in [0.05, 0.1) is 0 Å². The molecule has 0 aromatic rings. The summed E-state index contributed by atoms with van der Waals surface area (Å²) in [5.41, 5.74) is 0. The number of rotatable bonds is 6. The second kappa shape index (κ2) is 5.95. The van der Waals surface area contributed by atoms with Gasteiger partial charge >= 0.3 is 5.97 Å². The molecule has 1 aliphatic rings. The molecule has 0 aliphatic carbocycles. The van der Waals surface area contributed by atoms with Gasteiger partial charge in [-0.1, -0.05) is 0 Å². The van der Waals surface area contributed by atoms with Crippen LogP contribution >= 0.6 is 0 Å². The topological polar surface area (TPSA) is 61.8 Å². The molecule has 14 heavy (non-hydrogen) atoms. The number of nitrogens with zero attached hydrogens (tertiary/aromatic N) is 1. The summed E-state index contributed by atoms with van der Waals surface area (Å²) < 4.78 is 5.00. The number of hydrogen-bond acceptors (Lipinski definition) is 5. The Balaban J connectivity index is 1.91. The average Bonchev–Trinajstić information content (AvgIpc) is 2.06. The van der Waals surface area contributed by atoms with Crippen LogP contribution in [0.4, 0.5) is 0 Å². The van der Waals surface area contributed by atoms with Gasteiger partial charge in [-0.2, -0.15) is 0 Å². The second-order valence-corrected chi connectivity index (χ2v) is 3.50. The van der Waals surface area contributed by atoms with Gasteiger partial charge in [-0.05, 0) is 13.0 Å². The summed E-state index contributed by atoms with van der Waals surface area (Å²) in [6, 6.07) is 0. The van der Waals surface area contributed by atoms with E-state index in [0.717, 1.165) is 32.7 Å².